The lowest BCUT2D eigenvalue weighted by Crippen LogP contribution is -2.28. The molecule has 1 fully saturated rings. The lowest BCUT2D eigenvalue weighted by atomic mass is 9.91. The summed E-state index contributed by atoms with van der Waals surface area (Å²) in [5.74, 6) is 0.388. The molecule has 3 heteroatoms. The van der Waals surface area contributed by atoms with Crippen LogP contribution >= 0.6 is 11.6 Å². The van der Waals surface area contributed by atoms with E-state index >= 15 is 0 Å². The maximum Gasteiger partial charge on any atom is 0.141 e. The Balaban J connectivity index is 2.00. The molecule has 1 aromatic rings. The van der Waals surface area contributed by atoms with Crippen molar-refractivity contribution >= 4 is 11.6 Å². The average molecular weight is 228 g/mol. The van der Waals surface area contributed by atoms with Crippen LogP contribution < -0.4 is 5.32 Å². The van der Waals surface area contributed by atoms with Crippen LogP contribution in [-0.4, -0.2) is 13.1 Å². The number of benzene rings is 1. The number of hydrogen-bond acceptors (Lipinski definition) is 1. The molecule has 1 N–H and O–H groups in total. The molecule has 0 bridgehead atoms. The van der Waals surface area contributed by atoms with Crippen molar-refractivity contribution in [1.29, 1.82) is 0 Å². The van der Waals surface area contributed by atoms with Crippen LogP contribution in [0.2, 0.25) is 5.02 Å². The monoisotopic (exact) mass is 227 g/mol. The van der Waals surface area contributed by atoms with E-state index in [-0.39, 0.29) is 10.8 Å². The molecule has 0 saturated carbocycles. The fourth-order valence-corrected chi connectivity index (χ4v) is 2.29. The van der Waals surface area contributed by atoms with E-state index in [1.165, 1.54) is 18.9 Å². The molecule has 1 aromatic carbocycles. The van der Waals surface area contributed by atoms with E-state index in [1.807, 2.05) is 6.07 Å². The highest BCUT2D eigenvalue weighted by Gasteiger charge is 2.13. The molecule has 0 amide bonds. The SMILES string of the molecule is Fc1ccc(CC2CCNCC2)cc1Cl. The van der Waals surface area contributed by atoms with E-state index in [1.54, 1.807) is 6.07 Å². The molecule has 1 saturated heterocycles. The van der Waals surface area contributed by atoms with Gasteiger partial charge in [0.25, 0.3) is 0 Å². The van der Waals surface area contributed by atoms with Crippen LogP contribution in [0.4, 0.5) is 4.39 Å². The van der Waals surface area contributed by atoms with Gasteiger partial charge >= 0.3 is 0 Å². The van der Waals surface area contributed by atoms with Gasteiger partial charge in [0.15, 0.2) is 0 Å². The Labute approximate surface area is 94.6 Å². The molecule has 0 radical (unpaired) electrons. The van der Waals surface area contributed by atoms with Crippen LogP contribution in [-0.2, 0) is 6.42 Å². The average Bonchev–Trinajstić information content (AvgIpc) is 2.25. The summed E-state index contributed by atoms with van der Waals surface area (Å²) in [6, 6.07) is 5.04. The standard InChI is InChI=1S/C12H15ClFN/c13-11-8-10(1-2-12(11)14)7-9-3-5-15-6-4-9/h1-2,8-9,15H,3-7H2. The number of rotatable bonds is 2. The van der Waals surface area contributed by atoms with Crippen LogP contribution in [0.25, 0.3) is 0 Å². The van der Waals surface area contributed by atoms with Crippen molar-refractivity contribution in [2.24, 2.45) is 5.92 Å². The van der Waals surface area contributed by atoms with E-state index in [4.69, 9.17) is 11.6 Å². The summed E-state index contributed by atoms with van der Waals surface area (Å²) in [4.78, 5) is 0. The van der Waals surface area contributed by atoms with Gasteiger partial charge in [-0.3, -0.25) is 0 Å². The second-order valence-corrected chi connectivity index (χ2v) is 4.55. The molecule has 82 valence electrons. The molecule has 1 aliphatic heterocycles. The van der Waals surface area contributed by atoms with Gasteiger partial charge in [-0.05, 0) is 56.0 Å². The van der Waals surface area contributed by atoms with Crippen molar-refractivity contribution in [3.05, 3.63) is 34.6 Å². The zero-order valence-corrected chi connectivity index (χ0v) is 9.36. The Morgan fingerprint density at radius 3 is 2.73 bits per heavy atom. The summed E-state index contributed by atoms with van der Waals surface area (Å²) in [5, 5.41) is 3.57. The summed E-state index contributed by atoms with van der Waals surface area (Å²) in [5.41, 5.74) is 1.15. The van der Waals surface area contributed by atoms with E-state index in [2.05, 4.69) is 5.32 Å². The Kier molecular flexibility index (Phi) is 3.60. The fourth-order valence-electron chi connectivity index (χ4n) is 2.09. The first-order chi connectivity index (χ1) is 7.25. The van der Waals surface area contributed by atoms with E-state index in [0.29, 0.717) is 5.92 Å². The lowest BCUT2D eigenvalue weighted by molar-refractivity contribution is 0.372. The number of hydrogen-bond donors (Lipinski definition) is 1. The Hall–Kier alpha value is -0.600. The molecule has 2 rings (SSSR count). The smallest absolute Gasteiger partial charge is 0.141 e. The third kappa shape index (κ3) is 2.93. The van der Waals surface area contributed by atoms with Gasteiger partial charge in [0, 0.05) is 0 Å². The fraction of sp³-hybridized carbons (Fsp3) is 0.500. The molecule has 15 heavy (non-hydrogen) atoms. The molecule has 1 aliphatic rings. The lowest BCUT2D eigenvalue weighted by Gasteiger charge is -2.22. The molecular weight excluding hydrogens is 213 g/mol. The maximum absolute atomic E-state index is 12.9. The van der Waals surface area contributed by atoms with Crippen molar-refractivity contribution in [1.82, 2.24) is 5.32 Å². The Bertz CT molecular complexity index is 334. The second kappa shape index (κ2) is 4.95. The van der Waals surface area contributed by atoms with Crippen molar-refractivity contribution in [2.45, 2.75) is 19.3 Å². The minimum atomic E-state index is -0.328. The molecule has 0 spiro atoms. The van der Waals surface area contributed by atoms with Gasteiger partial charge in [-0.25, -0.2) is 4.39 Å². The van der Waals surface area contributed by atoms with Crippen LogP contribution in [0.15, 0.2) is 18.2 Å². The summed E-state index contributed by atoms with van der Waals surface area (Å²) in [7, 11) is 0. The summed E-state index contributed by atoms with van der Waals surface area (Å²) < 4.78 is 12.9. The topological polar surface area (TPSA) is 12.0 Å². The molecule has 1 heterocycles. The third-order valence-corrected chi connectivity index (χ3v) is 3.26. The van der Waals surface area contributed by atoms with Crippen LogP contribution in [0.3, 0.4) is 0 Å². The minimum Gasteiger partial charge on any atom is -0.317 e. The first-order valence-corrected chi connectivity index (χ1v) is 5.78. The number of halogens is 2. The van der Waals surface area contributed by atoms with Gasteiger partial charge in [0.05, 0.1) is 5.02 Å². The predicted octanol–water partition coefficient (Wildman–Crippen LogP) is 3.02. The Morgan fingerprint density at radius 1 is 1.33 bits per heavy atom. The quantitative estimate of drug-likeness (QED) is 0.819. The summed E-state index contributed by atoms with van der Waals surface area (Å²) >= 11 is 5.74. The van der Waals surface area contributed by atoms with Crippen molar-refractivity contribution < 1.29 is 4.39 Å². The Morgan fingerprint density at radius 2 is 2.07 bits per heavy atom. The van der Waals surface area contributed by atoms with Gasteiger partial charge in [-0.1, -0.05) is 17.7 Å². The predicted molar refractivity (Wildman–Crippen MR) is 60.7 cm³/mol. The molecule has 0 unspecified atom stereocenters. The largest absolute Gasteiger partial charge is 0.317 e. The zero-order valence-electron chi connectivity index (χ0n) is 8.60. The molecule has 0 atom stereocenters. The van der Waals surface area contributed by atoms with Crippen LogP contribution in [0, 0.1) is 11.7 Å². The van der Waals surface area contributed by atoms with E-state index < -0.39 is 0 Å². The first-order valence-electron chi connectivity index (χ1n) is 5.40. The van der Waals surface area contributed by atoms with Gasteiger partial charge in [0.1, 0.15) is 5.82 Å². The first kappa shape index (κ1) is 10.9. The van der Waals surface area contributed by atoms with Crippen molar-refractivity contribution in [2.75, 3.05) is 13.1 Å². The summed E-state index contributed by atoms with van der Waals surface area (Å²) in [6.07, 6.45) is 3.42. The highest BCUT2D eigenvalue weighted by molar-refractivity contribution is 6.30. The second-order valence-electron chi connectivity index (χ2n) is 4.15. The van der Waals surface area contributed by atoms with Gasteiger partial charge < -0.3 is 5.32 Å². The molecule has 0 aromatic heterocycles. The van der Waals surface area contributed by atoms with Crippen molar-refractivity contribution in [3.63, 3.8) is 0 Å². The van der Waals surface area contributed by atoms with Gasteiger partial charge in [-0.2, -0.15) is 0 Å². The normalized spacial score (nSPS) is 18.0. The van der Waals surface area contributed by atoms with Crippen LogP contribution in [0.5, 0.6) is 0 Å². The highest BCUT2D eigenvalue weighted by Crippen LogP contribution is 2.21. The molecular formula is C12H15ClFN. The van der Waals surface area contributed by atoms with Crippen LogP contribution in [0.1, 0.15) is 18.4 Å². The van der Waals surface area contributed by atoms with Gasteiger partial charge in [-0.15, -0.1) is 0 Å². The number of nitrogens with one attached hydrogen (secondary N) is 1. The van der Waals surface area contributed by atoms with Crippen molar-refractivity contribution in [3.8, 4) is 0 Å². The highest BCUT2D eigenvalue weighted by atomic mass is 35.5. The van der Waals surface area contributed by atoms with E-state index in [9.17, 15) is 4.39 Å². The molecule has 1 nitrogen and oxygen atoms in total. The summed E-state index contributed by atoms with van der Waals surface area (Å²) in [6.45, 7) is 2.19. The van der Waals surface area contributed by atoms with E-state index in [0.717, 1.165) is 25.1 Å². The maximum atomic E-state index is 12.9. The molecule has 0 aliphatic carbocycles. The van der Waals surface area contributed by atoms with Gasteiger partial charge in [0.2, 0.25) is 0 Å². The third-order valence-electron chi connectivity index (χ3n) is 2.97. The minimum absolute atomic E-state index is 0.237. The zero-order chi connectivity index (χ0) is 10.7. The number of piperidine rings is 1.